The normalized spacial score (nSPS) is 22.7. The first kappa shape index (κ1) is 25.9. The second-order valence-electron chi connectivity index (χ2n) is 7.32. The number of ether oxygens (including phenoxy) is 1. The third kappa shape index (κ3) is 5.25. The minimum Gasteiger partial charge on any atom is -0.378 e. The predicted octanol–water partition coefficient (Wildman–Crippen LogP) is 3.14. The molecule has 0 saturated heterocycles. The number of nitrogens with zero attached hydrogens (tertiary/aromatic N) is 1. The molecule has 27 heavy (non-hydrogen) atoms. The zero-order valence-electron chi connectivity index (χ0n) is 16.5. The van der Waals surface area contributed by atoms with E-state index in [9.17, 15) is 9.18 Å². The molecule has 0 radical (unpaired) electrons. The van der Waals surface area contributed by atoms with Crippen LogP contribution in [0.5, 0.6) is 0 Å². The number of anilines is 1. The van der Waals surface area contributed by atoms with Crippen molar-refractivity contribution in [2.24, 2.45) is 11.1 Å². The number of carbonyl (C=O) groups is 1. The summed E-state index contributed by atoms with van der Waals surface area (Å²) < 4.78 is 19.4. The molecule has 3 N–H and O–H groups in total. The minimum atomic E-state index is -0.899. The summed E-state index contributed by atoms with van der Waals surface area (Å²) in [5, 5.41) is 2.92. The lowest BCUT2D eigenvalue weighted by Crippen LogP contribution is -2.75. The van der Waals surface area contributed by atoms with Crippen molar-refractivity contribution in [3.05, 3.63) is 30.1 Å². The molecule has 0 bridgehead atoms. The van der Waals surface area contributed by atoms with Crippen LogP contribution < -0.4 is 16.0 Å². The highest BCUT2D eigenvalue weighted by molar-refractivity contribution is 5.88. The lowest BCUT2D eigenvalue weighted by molar-refractivity contribution is -0.170. The number of para-hydroxylation sites is 1. The largest absolute Gasteiger partial charge is 0.378 e. The lowest BCUT2D eigenvalue weighted by atomic mass is 9.54. The summed E-state index contributed by atoms with van der Waals surface area (Å²) >= 11 is 0. The topological polar surface area (TPSA) is 67.6 Å². The highest BCUT2D eigenvalue weighted by Crippen LogP contribution is 2.49. The molecule has 8 heteroatoms. The third-order valence-electron chi connectivity index (χ3n) is 5.45. The average molecular weight is 424 g/mol. The number of benzene rings is 1. The number of nitrogens with two attached hydrogens (primary N) is 1. The van der Waals surface area contributed by atoms with Crippen LogP contribution in [0, 0.1) is 11.2 Å². The maximum Gasteiger partial charge on any atom is 0.240 e. The summed E-state index contributed by atoms with van der Waals surface area (Å²) in [6.07, 6.45) is 1.26. The van der Waals surface area contributed by atoms with E-state index in [1.807, 2.05) is 38.8 Å². The van der Waals surface area contributed by atoms with Crippen LogP contribution in [-0.2, 0) is 9.53 Å². The number of carbonyl (C=O) groups excluding carboxylic acids is 1. The Kier molecular flexibility index (Phi) is 10.0. The number of rotatable bonds is 8. The van der Waals surface area contributed by atoms with E-state index in [0.29, 0.717) is 38.2 Å². The molecule has 0 aliphatic heterocycles. The van der Waals surface area contributed by atoms with Gasteiger partial charge in [-0.15, -0.1) is 24.8 Å². The highest BCUT2D eigenvalue weighted by atomic mass is 35.5. The fraction of sp³-hybridized carbons (Fsp3) is 0.632. The molecule has 2 atom stereocenters. The van der Waals surface area contributed by atoms with E-state index in [1.165, 1.54) is 6.07 Å². The Bertz CT molecular complexity index is 618. The van der Waals surface area contributed by atoms with Gasteiger partial charge in [0.1, 0.15) is 11.4 Å². The summed E-state index contributed by atoms with van der Waals surface area (Å²) in [5.41, 5.74) is 5.61. The van der Waals surface area contributed by atoms with Gasteiger partial charge in [-0.2, -0.15) is 0 Å². The molecule has 1 aromatic rings. The van der Waals surface area contributed by atoms with Gasteiger partial charge in [0.15, 0.2) is 0 Å². The van der Waals surface area contributed by atoms with Crippen LogP contribution in [0.25, 0.3) is 0 Å². The number of halogens is 3. The summed E-state index contributed by atoms with van der Waals surface area (Å²) in [7, 11) is 1.84. The molecule has 0 spiro atoms. The first-order valence-electron chi connectivity index (χ1n) is 8.88. The number of hydrogen-bond donors (Lipinski definition) is 2. The van der Waals surface area contributed by atoms with Crippen molar-refractivity contribution < 1.29 is 13.9 Å². The van der Waals surface area contributed by atoms with Gasteiger partial charge < -0.3 is 20.7 Å². The third-order valence-corrected chi connectivity index (χ3v) is 5.45. The smallest absolute Gasteiger partial charge is 0.240 e. The molecule has 1 fully saturated rings. The fourth-order valence-electron chi connectivity index (χ4n) is 3.38. The van der Waals surface area contributed by atoms with Gasteiger partial charge in [0.05, 0.1) is 11.8 Å². The quantitative estimate of drug-likeness (QED) is 0.630. The van der Waals surface area contributed by atoms with Crippen LogP contribution in [0.2, 0.25) is 0 Å². The lowest BCUT2D eigenvalue weighted by Gasteiger charge is -2.57. The first-order chi connectivity index (χ1) is 11.7. The summed E-state index contributed by atoms with van der Waals surface area (Å²) in [6, 6.07) is 6.67. The first-order valence-corrected chi connectivity index (χ1v) is 8.88. The molecular formula is C19H32Cl2FN3O2. The Morgan fingerprint density at radius 2 is 2.00 bits per heavy atom. The molecule has 1 aliphatic carbocycles. The molecule has 0 heterocycles. The van der Waals surface area contributed by atoms with Gasteiger partial charge in [-0.1, -0.05) is 26.0 Å². The van der Waals surface area contributed by atoms with Crippen molar-refractivity contribution in [1.29, 1.82) is 0 Å². The average Bonchev–Trinajstić information content (AvgIpc) is 2.58. The van der Waals surface area contributed by atoms with E-state index in [1.54, 1.807) is 12.1 Å². The Morgan fingerprint density at radius 1 is 1.37 bits per heavy atom. The van der Waals surface area contributed by atoms with Crippen molar-refractivity contribution in [2.75, 3.05) is 31.6 Å². The molecule has 2 rings (SSSR count). The van der Waals surface area contributed by atoms with Crippen LogP contribution in [0.1, 0.15) is 33.6 Å². The number of nitrogens with one attached hydrogen (secondary N) is 1. The molecule has 156 valence electrons. The Morgan fingerprint density at radius 3 is 2.56 bits per heavy atom. The highest BCUT2D eigenvalue weighted by Gasteiger charge is 2.62. The van der Waals surface area contributed by atoms with E-state index in [0.717, 1.165) is 0 Å². The molecule has 1 aromatic carbocycles. The monoisotopic (exact) mass is 423 g/mol. The maximum atomic E-state index is 13.7. The number of amides is 1. The molecular weight excluding hydrogens is 392 g/mol. The number of hydrogen-bond acceptors (Lipinski definition) is 4. The minimum absolute atomic E-state index is 0. The molecule has 1 amide bonds. The van der Waals surface area contributed by atoms with Crippen molar-refractivity contribution >= 4 is 36.4 Å². The Hall–Kier alpha value is -1.08. The summed E-state index contributed by atoms with van der Waals surface area (Å²) in [5.74, 6) is -0.380. The van der Waals surface area contributed by atoms with Crippen LogP contribution in [0.4, 0.5) is 10.1 Å². The van der Waals surface area contributed by atoms with Gasteiger partial charge in [0, 0.05) is 38.6 Å². The van der Waals surface area contributed by atoms with Crippen molar-refractivity contribution in [2.45, 2.75) is 45.3 Å². The summed E-state index contributed by atoms with van der Waals surface area (Å²) in [4.78, 5) is 14.4. The molecule has 2 unspecified atom stereocenters. The van der Waals surface area contributed by atoms with Gasteiger partial charge >= 0.3 is 0 Å². The van der Waals surface area contributed by atoms with Crippen LogP contribution in [0.15, 0.2) is 24.3 Å². The van der Waals surface area contributed by atoms with Crippen LogP contribution in [0.3, 0.4) is 0 Å². The second-order valence-corrected chi connectivity index (χ2v) is 7.32. The molecule has 1 aliphatic rings. The fourth-order valence-corrected chi connectivity index (χ4v) is 3.38. The van der Waals surface area contributed by atoms with Crippen molar-refractivity contribution in [3.63, 3.8) is 0 Å². The molecule has 5 nitrogen and oxygen atoms in total. The SMILES string of the molecule is CCOC1CC(N)(C(=O)NCCCN(C)c2ccccc2F)C1(C)C.Cl.Cl. The van der Waals surface area contributed by atoms with Crippen LogP contribution in [-0.4, -0.2) is 44.3 Å². The zero-order valence-corrected chi connectivity index (χ0v) is 18.1. The predicted molar refractivity (Wildman–Crippen MR) is 113 cm³/mol. The molecule has 0 aromatic heterocycles. The second kappa shape index (κ2) is 10.5. The summed E-state index contributed by atoms with van der Waals surface area (Å²) in [6.45, 7) is 7.66. The van der Waals surface area contributed by atoms with Crippen LogP contribution >= 0.6 is 24.8 Å². The zero-order chi connectivity index (χ0) is 18.7. The van der Waals surface area contributed by atoms with Gasteiger partial charge in [-0.25, -0.2) is 4.39 Å². The maximum absolute atomic E-state index is 13.7. The van der Waals surface area contributed by atoms with E-state index in [-0.39, 0.29) is 42.6 Å². The molecule has 1 saturated carbocycles. The Balaban J connectivity index is 0.00000338. The Labute approximate surface area is 174 Å². The van der Waals surface area contributed by atoms with Gasteiger partial charge in [-0.05, 0) is 25.5 Å². The van der Waals surface area contributed by atoms with Crippen molar-refractivity contribution in [3.8, 4) is 0 Å². The van der Waals surface area contributed by atoms with Gasteiger partial charge in [0.25, 0.3) is 0 Å². The van der Waals surface area contributed by atoms with E-state index < -0.39 is 11.0 Å². The van der Waals surface area contributed by atoms with E-state index in [4.69, 9.17) is 10.5 Å². The van der Waals surface area contributed by atoms with Gasteiger partial charge in [-0.3, -0.25) is 4.79 Å². The van der Waals surface area contributed by atoms with E-state index >= 15 is 0 Å². The standard InChI is InChI=1S/C19H30FN3O2.2ClH/c1-5-25-16-13-19(21,18(16,2)3)17(24)22-11-8-12-23(4)15-10-7-6-9-14(15)20;;/h6-7,9-10,16H,5,8,11-13,21H2,1-4H3,(H,22,24);2*1H. The van der Waals surface area contributed by atoms with Crippen molar-refractivity contribution in [1.82, 2.24) is 5.32 Å². The van der Waals surface area contributed by atoms with E-state index in [2.05, 4.69) is 5.32 Å². The van der Waals surface area contributed by atoms with Gasteiger partial charge in [0.2, 0.25) is 5.91 Å².